The van der Waals surface area contributed by atoms with Gasteiger partial charge in [0.25, 0.3) is 0 Å². The monoisotopic (exact) mass is 345 g/mol. The molecule has 0 amide bonds. The number of benzene rings is 1. The summed E-state index contributed by atoms with van der Waals surface area (Å²) >= 11 is 0. The second kappa shape index (κ2) is 5.80. The number of nitrogens with one attached hydrogen (secondary N) is 1. The molecular weight excluding hydrogens is 318 g/mol. The van der Waals surface area contributed by atoms with Crippen LogP contribution in [0.1, 0.15) is 57.5 Å². The fraction of sp³-hybridized carbons (Fsp3) is 0.391. The zero-order valence-electron chi connectivity index (χ0n) is 16.4. The summed E-state index contributed by atoms with van der Waals surface area (Å²) in [4.78, 5) is 13.4. The molecule has 1 aliphatic carbocycles. The van der Waals surface area contributed by atoms with Gasteiger partial charge >= 0.3 is 0 Å². The maximum atomic E-state index is 5.06. The lowest BCUT2D eigenvalue weighted by Crippen LogP contribution is -2.36. The minimum Gasteiger partial charge on any atom is -0.353 e. The minimum atomic E-state index is 0.0697. The maximum Gasteiger partial charge on any atom is 0.105 e. The predicted molar refractivity (Wildman–Crippen MR) is 107 cm³/mol. The van der Waals surface area contributed by atoms with Crippen molar-refractivity contribution in [1.29, 1.82) is 0 Å². The zero-order valence-corrected chi connectivity index (χ0v) is 16.4. The Morgan fingerprint density at radius 3 is 2.12 bits per heavy atom. The Morgan fingerprint density at radius 2 is 1.42 bits per heavy atom. The molecule has 3 nitrogen and oxygen atoms in total. The van der Waals surface area contributed by atoms with Crippen molar-refractivity contribution in [3.05, 3.63) is 59.5 Å². The van der Waals surface area contributed by atoms with Gasteiger partial charge in [0, 0.05) is 16.5 Å². The van der Waals surface area contributed by atoms with Gasteiger partial charge in [0.05, 0.1) is 23.3 Å². The van der Waals surface area contributed by atoms with Crippen LogP contribution in [-0.4, -0.2) is 15.0 Å². The number of hydrogen-bond acceptors (Lipinski definition) is 2. The lowest BCUT2D eigenvalue weighted by Gasteiger charge is -2.39. The number of nitrogens with zero attached hydrogens (tertiary/aromatic N) is 2. The van der Waals surface area contributed by atoms with Crippen molar-refractivity contribution in [3.63, 3.8) is 0 Å². The lowest BCUT2D eigenvalue weighted by atomic mass is 9.67. The molecule has 0 radical (unpaired) electrons. The molecular formula is C23H27N3. The number of fused-ring (bicyclic) bond motifs is 1. The van der Waals surface area contributed by atoms with Gasteiger partial charge in [-0.2, -0.15) is 0 Å². The van der Waals surface area contributed by atoms with Crippen LogP contribution in [0.3, 0.4) is 0 Å². The zero-order chi connectivity index (χ0) is 18.5. The second-order valence-corrected chi connectivity index (χ2v) is 8.87. The van der Waals surface area contributed by atoms with E-state index < -0.39 is 0 Å². The van der Waals surface area contributed by atoms with E-state index in [-0.39, 0.29) is 10.8 Å². The number of aromatic amines is 1. The molecule has 0 saturated heterocycles. The van der Waals surface area contributed by atoms with E-state index >= 15 is 0 Å². The smallest absolute Gasteiger partial charge is 0.105 e. The van der Waals surface area contributed by atoms with Crippen molar-refractivity contribution in [1.82, 2.24) is 15.0 Å². The highest BCUT2D eigenvalue weighted by Gasteiger charge is 2.39. The fourth-order valence-electron chi connectivity index (χ4n) is 3.79. The van der Waals surface area contributed by atoms with Gasteiger partial charge in [-0.1, -0.05) is 57.5 Å². The fourth-order valence-corrected chi connectivity index (χ4v) is 3.79. The van der Waals surface area contributed by atoms with Gasteiger partial charge in [0.15, 0.2) is 0 Å². The minimum absolute atomic E-state index is 0.0697. The van der Waals surface area contributed by atoms with E-state index in [9.17, 15) is 0 Å². The first-order valence-corrected chi connectivity index (χ1v) is 9.41. The third-order valence-electron chi connectivity index (χ3n) is 5.75. The van der Waals surface area contributed by atoms with Gasteiger partial charge in [-0.25, -0.2) is 4.98 Å². The first kappa shape index (κ1) is 17.0. The highest BCUT2D eigenvalue weighted by molar-refractivity contribution is 5.66. The van der Waals surface area contributed by atoms with E-state index in [1.165, 1.54) is 11.1 Å². The highest BCUT2D eigenvalue weighted by Crippen LogP contribution is 2.44. The van der Waals surface area contributed by atoms with E-state index in [0.717, 1.165) is 41.3 Å². The van der Waals surface area contributed by atoms with Gasteiger partial charge < -0.3 is 4.98 Å². The van der Waals surface area contributed by atoms with Gasteiger partial charge in [-0.3, -0.25) is 4.98 Å². The van der Waals surface area contributed by atoms with Crippen molar-refractivity contribution in [2.45, 2.75) is 58.3 Å². The summed E-state index contributed by atoms with van der Waals surface area (Å²) in [5.41, 5.74) is 7.99. The van der Waals surface area contributed by atoms with E-state index in [0.29, 0.717) is 0 Å². The molecule has 0 bridgehead atoms. The van der Waals surface area contributed by atoms with Crippen LogP contribution in [0.5, 0.6) is 0 Å². The van der Waals surface area contributed by atoms with Crippen LogP contribution in [0.4, 0.5) is 0 Å². The van der Waals surface area contributed by atoms with Crippen molar-refractivity contribution < 1.29 is 0 Å². The average molecular weight is 345 g/mol. The van der Waals surface area contributed by atoms with Crippen LogP contribution in [0, 0.1) is 6.92 Å². The summed E-state index contributed by atoms with van der Waals surface area (Å²) in [5.74, 6) is 0. The second-order valence-electron chi connectivity index (χ2n) is 8.87. The molecule has 0 fully saturated rings. The van der Waals surface area contributed by atoms with Gasteiger partial charge in [0.2, 0.25) is 0 Å². The standard InChI is InChI=1S/C23H27N3/c1-15-6-8-16(9-7-15)17-10-11-18(25-17)19-14-24-20-21(26-19)23(4,5)13-12-22(20,2)3/h6-11,14,25H,12-13H2,1-5H3. The first-order chi connectivity index (χ1) is 12.3. The van der Waals surface area contributed by atoms with Crippen LogP contribution >= 0.6 is 0 Å². The Labute approximate surface area is 155 Å². The summed E-state index contributed by atoms with van der Waals surface area (Å²) in [7, 11) is 0. The summed E-state index contributed by atoms with van der Waals surface area (Å²) in [5, 5.41) is 0. The van der Waals surface area contributed by atoms with Crippen molar-refractivity contribution in [2.75, 3.05) is 0 Å². The molecule has 1 N–H and O–H groups in total. The van der Waals surface area contributed by atoms with E-state index in [1.807, 2.05) is 6.20 Å². The Kier molecular flexibility index (Phi) is 3.80. The highest BCUT2D eigenvalue weighted by atomic mass is 14.9. The molecule has 3 aromatic rings. The molecule has 0 aliphatic heterocycles. The Bertz CT molecular complexity index is 946. The van der Waals surface area contributed by atoms with Gasteiger partial charge in [-0.15, -0.1) is 0 Å². The number of H-pyrrole nitrogens is 1. The molecule has 2 heterocycles. The molecule has 1 aliphatic rings. The largest absolute Gasteiger partial charge is 0.353 e. The third kappa shape index (κ3) is 2.86. The molecule has 0 atom stereocenters. The number of rotatable bonds is 2. The van der Waals surface area contributed by atoms with Gasteiger partial charge in [-0.05, 0) is 37.5 Å². The summed E-state index contributed by atoms with van der Waals surface area (Å²) in [6, 6.07) is 12.8. The molecule has 0 spiro atoms. The van der Waals surface area contributed by atoms with Crippen molar-refractivity contribution >= 4 is 0 Å². The third-order valence-corrected chi connectivity index (χ3v) is 5.75. The molecule has 2 aromatic heterocycles. The normalized spacial score (nSPS) is 17.7. The summed E-state index contributed by atoms with van der Waals surface area (Å²) in [6.07, 6.45) is 4.22. The van der Waals surface area contributed by atoms with Gasteiger partial charge in [0.1, 0.15) is 5.69 Å². The molecule has 1 aromatic carbocycles. The number of aromatic nitrogens is 3. The SMILES string of the molecule is Cc1ccc(-c2ccc(-c3cnc4c(n3)C(C)(C)CCC4(C)C)[nH]2)cc1. The van der Waals surface area contributed by atoms with Crippen LogP contribution in [0.25, 0.3) is 22.6 Å². The molecule has 0 unspecified atom stereocenters. The summed E-state index contributed by atoms with van der Waals surface area (Å²) < 4.78 is 0. The lowest BCUT2D eigenvalue weighted by molar-refractivity contribution is 0.314. The topological polar surface area (TPSA) is 41.6 Å². The van der Waals surface area contributed by atoms with Crippen molar-refractivity contribution in [2.24, 2.45) is 0 Å². The average Bonchev–Trinajstić information content (AvgIpc) is 3.09. The molecule has 0 saturated carbocycles. The van der Waals surface area contributed by atoms with Crippen LogP contribution in [0.15, 0.2) is 42.6 Å². The Morgan fingerprint density at radius 1 is 0.808 bits per heavy atom. The predicted octanol–water partition coefficient (Wildman–Crippen LogP) is 5.80. The van der Waals surface area contributed by atoms with Crippen LogP contribution in [-0.2, 0) is 10.8 Å². The van der Waals surface area contributed by atoms with E-state index in [2.05, 4.69) is 76.0 Å². The van der Waals surface area contributed by atoms with Crippen molar-refractivity contribution in [3.8, 4) is 22.6 Å². The number of aryl methyl sites for hydroxylation is 1. The Balaban J connectivity index is 1.75. The maximum absolute atomic E-state index is 5.06. The first-order valence-electron chi connectivity index (χ1n) is 9.41. The van der Waals surface area contributed by atoms with E-state index in [1.54, 1.807) is 0 Å². The number of hydrogen-bond donors (Lipinski definition) is 1. The molecule has 4 rings (SSSR count). The Hall–Kier alpha value is -2.42. The molecule has 3 heteroatoms. The molecule has 26 heavy (non-hydrogen) atoms. The van der Waals surface area contributed by atoms with Crippen LogP contribution < -0.4 is 0 Å². The summed E-state index contributed by atoms with van der Waals surface area (Å²) in [6.45, 7) is 11.2. The van der Waals surface area contributed by atoms with E-state index in [4.69, 9.17) is 9.97 Å². The molecule has 134 valence electrons. The van der Waals surface area contributed by atoms with Crippen LogP contribution in [0.2, 0.25) is 0 Å². The quantitative estimate of drug-likeness (QED) is 0.638.